The van der Waals surface area contributed by atoms with Crippen molar-refractivity contribution in [2.24, 2.45) is 0 Å². The van der Waals surface area contributed by atoms with Crippen LogP contribution in [0, 0.1) is 11.6 Å². The lowest BCUT2D eigenvalue weighted by molar-refractivity contribution is 0.585. The molecule has 2 nitrogen and oxygen atoms in total. The van der Waals surface area contributed by atoms with Crippen molar-refractivity contribution in [3.63, 3.8) is 0 Å². The van der Waals surface area contributed by atoms with Crippen molar-refractivity contribution < 1.29 is 8.78 Å². The molecule has 0 bridgehead atoms. The molecule has 1 heterocycles. The number of pyridine rings is 1. The zero-order valence-electron chi connectivity index (χ0n) is 9.90. The van der Waals surface area contributed by atoms with Gasteiger partial charge >= 0.3 is 0 Å². The van der Waals surface area contributed by atoms with Crippen molar-refractivity contribution in [1.82, 2.24) is 4.98 Å². The quantitative estimate of drug-likeness (QED) is 0.720. The molecule has 0 aliphatic heterocycles. The third-order valence-corrected chi connectivity index (χ3v) is 2.94. The lowest BCUT2D eigenvalue weighted by atomic mass is 10.1. The Morgan fingerprint density at radius 1 is 0.947 bits per heavy atom. The number of rotatable bonds is 1. The first-order valence-corrected chi connectivity index (χ1v) is 5.76. The van der Waals surface area contributed by atoms with Crippen LogP contribution in [0.15, 0.2) is 48.5 Å². The van der Waals surface area contributed by atoms with Crippen molar-refractivity contribution in [2.45, 2.75) is 0 Å². The number of aromatic nitrogens is 1. The molecule has 1 aromatic heterocycles. The highest BCUT2D eigenvalue weighted by Crippen LogP contribution is 2.29. The highest BCUT2D eigenvalue weighted by molar-refractivity contribution is 5.88. The standard InChI is InChI=1S/C15H10F2N2/c16-10-5-6-11(12(17)8-10)15-13(18)7-9-3-1-2-4-14(9)19-15/h1-8H,18H2. The Bertz CT molecular complexity index is 769. The predicted octanol–water partition coefficient (Wildman–Crippen LogP) is 3.76. The Hall–Kier alpha value is -2.49. The van der Waals surface area contributed by atoms with Gasteiger partial charge in [-0.05, 0) is 24.3 Å². The van der Waals surface area contributed by atoms with Gasteiger partial charge in [-0.3, -0.25) is 0 Å². The number of nitrogens with two attached hydrogens (primary N) is 1. The van der Waals surface area contributed by atoms with Crippen LogP contribution in [0.4, 0.5) is 14.5 Å². The zero-order valence-corrected chi connectivity index (χ0v) is 9.90. The van der Waals surface area contributed by atoms with Gasteiger partial charge in [0, 0.05) is 17.0 Å². The minimum Gasteiger partial charge on any atom is -0.397 e. The maximum atomic E-state index is 13.8. The molecule has 3 rings (SSSR count). The van der Waals surface area contributed by atoms with E-state index in [9.17, 15) is 8.78 Å². The first-order valence-electron chi connectivity index (χ1n) is 5.76. The van der Waals surface area contributed by atoms with E-state index in [1.165, 1.54) is 12.1 Å². The fourth-order valence-electron chi connectivity index (χ4n) is 2.03. The van der Waals surface area contributed by atoms with E-state index >= 15 is 0 Å². The molecule has 94 valence electrons. The van der Waals surface area contributed by atoms with E-state index in [1.54, 1.807) is 6.07 Å². The van der Waals surface area contributed by atoms with Gasteiger partial charge in [0.15, 0.2) is 0 Å². The van der Waals surface area contributed by atoms with Crippen molar-refractivity contribution in [2.75, 3.05) is 5.73 Å². The van der Waals surface area contributed by atoms with Gasteiger partial charge in [0.05, 0.1) is 16.9 Å². The number of benzene rings is 2. The molecule has 0 aliphatic carbocycles. The number of nitrogens with zero attached hydrogens (tertiary/aromatic N) is 1. The van der Waals surface area contributed by atoms with Gasteiger partial charge in [-0.2, -0.15) is 0 Å². The molecule has 0 atom stereocenters. The summed E-state index contributed by atoms with van der Waals surface area (Å²) in [5, 5.41) is 0.881. The minimum atomic E-state index is -0.672. The van der Waals surface area contributed by atoms with Gasteiger partial charge < -0.3 is 5.73 Å². The second kappa shape index (κ2) is 4.31. The highest BCUT2D eigenvalue weighted by Gasteiger charge is 2.12. The molecule has 0 aliphatic rings. The molecule has 0 radical (unpaired) electrons. The third-order valence-electron chi connectivity index (χ3n) is 2.94. The summed E-state index contributed by atoms with van der Waals surface area (Å²) in [7, 11) is 0. The average Bonchev–Trinajstić information content (AvgIpc) is 2.38. The first kappa shape index (κ1) is 11.6. The van der Waals surface area contributed by atoms with Crippen LogP contribution in [0.3, 0.4) is 0 Å². The largest absolute Gasteiger partial charge is 0.397 e. The number of fused-ring (bicyclic) bond motifs is 1. The Morgan fingerprint density at radius 3 is 2.53 bits per heavy atom. The summed E-state index contributed by atoms with van der Waals surface area (Å²) in [6.07, 6.45) is 0. The number of anilines is 1. The molecule has 19 heavy (non-hydrogen) atoms. The molecule has 0 spiro atoms. The summed E-state index contributed by atoms with van der Waals surface area (Å²) in [5.74, 6) is -1.30. The summed E-state index contributed by atoms with van der Waals surface area (Å²) in [5.41, 5.74) is 7.51. The molecule has 0 saturated carbocycles. The van der Waals surface area contributed by atoms with Gasteiger partial charge in [-0.15, -0.1) is 0 Å². The van der Waals surface area contributed by atoms with E-state index < -0.39 is 11.6 Å². The number of nitrogen functional groups attached to an aromatic ring is 1. The van der Waals surface area contributed by atoms with Crippen molar-refractivity contribution in [1.29, 1.82) is 0 Å². The van der Waals surface area contributed by atoms with Crippen LogP contribution in [-0.2, 0) is 0 Å². The molecular weight excluding hydrogens is 246 g/mol. The van der Waals surface area contributed by atoms with Crippen LogP contribution in [0.1, 0.15) is 0 Å². The Labute approximate surface area is 108 Å². The molecule has 3 aromatic rings. The van der Waals surface area contributed by atoms with Gasteiger partial charge in [-0.1, -0.05) is 18.2 Å². The van der Waals surface area contributed by atoms with Gasteiger partial charge in [0.1, 0.15) is 11.6 Å². The minimum absolute atomic E-state index is 0.199. The van der Waals surface area contributed by atoms with Crippen molar-refractivity contribution in [3.8, 4) is 11.3 Å². The monoisotopic (exact) mass is 256 g/mol. The second-order valence-corrected chi connectivity index (χ2v) is 4.24. The van der Waals surface area contributed by atoms with E-state index in [0.29, 0.717) is 11.4 Å². The summed E-state index contributed by atoms with van der Waals surface area (Å²) in [4.78, 5) is 4.35. The number of para-hydroxylation sites is 1. The molecule has 2 aromatic carbocycles. The van der Waals surface area contributed by atoms with Crippen LogP contribution >= 0.6 is 0 Å². The molecule has 4 heteroatoms. The first-order chi connectivity index (χ1) is 9.15. The lowest BCUT2D eigenvalue weighted by Crippen LogP contribution is -1.96. The summed E-state index contributed by atoms with van der Waals surface area (Å²) in [6, 6.07) is 12.5. The maximum absolute atomic E-state index is 13.8. The number of hydrogen-bond acceptors (Lipinski definition) is 2. The van der Waals surface area contributed by atoms with Gasteiger partial charge in [-0.25, -0.2) is 13.8 Å². The molecular formula is C15H10F2N2. The Kier molecular flexibility index (Phi) is 2.63. The maximum Gasteiger partial charge on any atom is 0.135 e. The predicted molar refractivity (Wildman–Crippen MR) is 71.5 cm³/mol. The highest BCUT2D eigenvalue weighted by atomic mass is 19.1. The van der Waals surface area contributed by atoms with Gasteiger partial charge in [0.2, 0.25) is 0 Å². The lowest BCUT2D eigenvalue weighted by Gasteiger charge is -2.08. The summed E-state index contributed by atoms with van der Waals surface area (Å²) >= 11 is 0. The zero-order chi connectivity index (χ0) is 13.4. The molecule has 0 fully saturated rings. The molecule has 0 saturated heterocycles. The van der Waals surface area contributed by atoms with E-state index in [-0.39, 0.29) is 5.56 Å². The van der Waals surface area contributed by atoms with Crippen LogP contribution in [0.5, 0.6) is 0 Å². The van der Waals surface area contributed by atoms with Crippen LogP contribution < -0.4 is 5.73 Å². The second-order valence-electron chi connectivity index (χ2n) is 4.24. The Morgan fingerprint density at radius 2 is 1.74 bits per heavy atom. The van der Waals surface area contributed by atoms with Crippen molar-refractivity contribution >= 4 is 16.6 Å². The number of halogens is 2. The van der Waals surface area contributed by atoms with Crippen molar-refractivity contribution in [3.05, 3.63) is 60.2 Å². The SMILES string of the molecule is Nc1cc2ccccc2nc1-c1ccc(F)cc1F. The average molecular weight is 256 g/mol. The fraction of sp³-hybridized carbons (Fsp3) is 0. The smallest absolute Gasteiger partial charge is 0.135 e. The van der Waals surface area contributed by atoms with E-state index in [0.717, 1.165) is 17.0 Å². The third kappa shape index (κ3) is 2.01. The Balaban J connectivity index is 2.27. The van der Waals surface area contributed by atoms with Crippen LogP contribution in [0.25, 0.3) is 22.2 Å². The van der Waals surface area contributed by atoms with E-state index in [2.05, 4.69) is 4.98 Å². The fourth-order valence-corrected chi connectivity index (χ4v) is 2.03. The topological polar surface area (TPSA) is 38.9 Å². The van der Waals surface area contributed by atoms with Gasteiger partial charge in [0.25, 0.3) is 0 Å². The van der Waals surface area contributed by atoms with Crippen LogP contribution in [-0.4, -0.2) is 4.98 Å². The molecule has 0 unspecified atom stereocenters. The van der Waals surface area contributed by atoms with E-state index in [4.69, 9.17) is 5.73 Å². The number of hydrogen-bond donors (Lipinski definition) is 1. The van der Waals surface area contributed by atoms with Crippen LogP contribution in [0.2, 0.25) is 0 Å². The normalized spacial score (nSPS) is 10.8. The molecule has 2 N–H and O–H groups in total. The van der Waals surface area contributed by atoms with E-state index in [1.807, 2.05) is 24.3 Å². The summed E-state index contributed by atoms with van der Waals surface area (Å²) in [6.45, 7) is 0. The molecule has 0 amide bonds. The summed E-state index contributed by atoms with van der Waals surface area (Å²) < 4.78 is 26.7.